The zero-order chi connectivity index (χ0) is 19.2. The van der Waals surface area contributed by atoms with Gasteiger partial charge in [-0.2, -0.15) is 0 Å². The van der Waals surface area contributed by atoms with Gasteiger partial charge in [0.15, 0.2) is 5.76 Å². The smallest absolute Gasteiger partial charge is 0.289 e. The van der Waals surface area contributed by atoms with Gasteiger partial charge in [-0.1, -0.05) is 0 Å². The third-order valence-electron chi connectivity index (χ3n) is 7.04. The molecule has 3 saturated heterocycles. The van der Waals surface area contributed by atoms with E-state index >= 15 is 0 Å². The van der Waals surface area contributed by atoms with E-state index in [0.717, 1.165) is 25.8 Å². The van der Waals surface area contributed by atoms with E-state index in [1.807, 2.05) is 21.6 Å². The molecule has 3 aliphatic heterocycles. The lowest BCUT2D eigenvalue weighted by Crippen LogP contribution is -2.53. The number of hydrogen-bond donors (Lipinski definition) is 0. The van der Waals surface area contributed by atoms with Crippen LogP contribution in [0.3, 0.4) is 0 Å². The third-order valence-corrected chi connectivity index (χ3v) is 7.04. The van der Waals surface area contributed by atoms with Gasteiger partial charge in [-0.05, 0) is 38.3 Å². The molecule has 0 aliphatic carbocycles. The monoisotopic (exact) mass is 373 g/mol. The molecular weight excluding hydrogens is 346 g/mol. The molecule has 1 aromatic rings. The first-order chi connectivity index (χ1) is 12.9. The van der Waals surface area contributed by atoms with Crippen molar-refractivity contribution in [1.29, 1.82) is 0 Å². The molecule has 146 valence electrons. The first kappa shape index (κ1) is 18.1. The molecule has 7 heteroatoms. The van der Waals surface area contributed by atoms with Crippen LogP contribution in [0.5, 0.6) is 0 Å². The number of piperidine rings is 1. The topological polar surface area (TPSA) is 74.1 Å². The summed E-state index contributed by atoms with van der Waals surface area (Å²) in [7, 11) is 0. The Morgan fingerprint density at radius 1 is 1.11 bits per heavy atom. The van der Waals surface area contributed by atoms with Crippen molar-refractivity contribution in [2.24, 2.45) is 10.8 Å². The molecule has 3 fully saturated rings. The Balaban J connectivity index is 1.58. The van der Waals surface area contributed by atoms with Gasteiger partial charge in [0.05, 0.1) is 11.7 Å². The Labute approximate surface area is 159 Å². The van der Waals surface area contributed by atoms with Gasteiger partial charge in [0.1, 0.15) is 0 Å². The number of hydrogen-bond acceptors (Lipinski definition) is 4. The van der Waals surface area contributed by atoms with Crippen molar-refractivity contribution in [3.05, 3.63) is 24.2 Å². The van der Waals surface area contributed by atoms with Crippen LogP contribution in [-0.4, -0.2) is 71.7 Å². The summed E-state index contributed by atoms with van der Waals surface area (Å²) in [5, 5.41) is 0. The van der Waals surface area contributed by atoms with E-state index in [0.29, 0.717) is 38.5 Å². The maximum atomic E-state index is 13.3. The standard InChI is InChI=1S/C20H27N3O4/c1-3-21-11-8-20(18(21)26)14-23(15(2)24)13-19(20)6-9-22(10-7-19)17(25)16-5-4-12-27-16/h4-5,12H,3,6-11,13-14H2,1-2H3/t20-/m1/s1. The number of carbonyl (C=O) groups is 3. The molecule has 3 amide bonds. The predicted molar refractivity (Wildman–Crippen MR) is 97.8 cm³/mol. The summed E-state index contributed by atoms with van der Waals surface area (Å²) in [4.78, 5) is 43.6. The van der Waals surface area contributed by atoms with E-state index in [4.69, 9.17) is 4.42 Å². The lowest BCUT2D eigenvalue weighted by molar-refractivity contribution is -0.141. The number of fused-ring (bicyclic) bond motifs is 1. The summed E-state index contributed by atoms with van der Waals surface area (Å²) < 4.78 is 5.25. The Morgan fingerprint density at radius 2 is 1.85 bits per heavy atom. The number of rotatable bonds is 2. The average Bonchev–Trinajstić information content (AvgIpc) is 3.37. The first-order valence-electron chi connectivity index (χ1n) is 9.80. The van der Waals surface area contributed by atoms with Crippen LogP contribution in [0.25, 0.3) is 0 Å². The van der Waals surface area contributed by atoms with Crippen LogP contribution in [0.1, 0.15) is 43.7 Å². The molecule has 3 aliphatic rings. The van der Waals surface area contributed by atoms with E-state index in [-0.39, 0.29) is 23.1 Å². The molecule has 0 saturated carbocycles. The molecular formula is C20H27N3O4. The summed E-state index contributed by atoms with van der Waals surface area (Å²) >= 11 is 0. The van der Waals surface area contributed by atoms with E-state index in [1.165, 1.54) is 6.26 Å². The van der Waals surface area contributed by atoms with Gasteiger partial charge < -0.3 is 19.1 Å². The second-order valence-electron chi connectivity index (χ2n) is 8.14. The van der Waals surface area contributed by atoms with Crippen molar-refractivity contribution in [3.8, 4) is 0 Å². The molecule has 0 radical (unpaired) electrons. The molecule has 4 rings (SSSR count). The van der Waals surface area contributed by atoms with E-state index < -0.39 is 5.41 Å². The Bertz CT molecular complexity index is 751. The molecule has 0 bridgehead atoms. The fourth-order valence-corrected chi connectivity index (χ4v) is 5.40. The lowest BCUT2D eigenvalue weighted by atomic mass is 9.60. The van der Waals surface area contributed by atoms with Gasteiger partial charge >= 0.3 is 0 Å². The van der Waals surface area contributed by atoms with Crippen LogP contribution >= 0.6 is 0 Å². The highest BCUT2D eigenvalue weighted by molar-refractivity contribution is 5.92. The molecule has 0 aromatic carbocycles. The highest BCUT2D eigenvalue weighted by atomic mass is 16.3. The fourth-order valence-electron chi connectivity index (χ4n) is 5.40. The Kier molecular flexibility index (Phi) is 4.28. The van der Waals surface area contributed by atoms with Crippen molar-refractivity contribution >= 4 is 17.7 Å². The highest BCUT2D eigenvalue weighted by Crippen LogP contribution is 2.57. The van der Waals surface area contributed by atoms with Crippen molar-refractivity contribution in [2.75, 3.05) is 39.3 Å². The quantitative estimate of drug-likeness (QED) is 0.789. The van der Waals surface area contributed by atoms with Crippen LogP contribution in [0.2, 0.25) is 0 Å². The second-order valence-corrected chi connectivity index (χ2v) is 8.14. The minimum absolute atomic E-state index is 0.0306. The van der Waals surface area contributed by atoms with E-state index in [2.05, 4.69) is 0 Å². The van der Waals surface area contributed by atoms with Crippen molar-refractivity contribution in [1.82, 2.24) is 14.7 Å². The number of furan rings is 1. The predicted octanol–water partition coefficient (Wildman–Crippen LogP) is 1.60. The highest BCUT2D eigenvalue weighted by Gasteiger charge is 2.65. The van der Waals surface area contributed by atoms with Crippen LogP contribution in [-0.2, 0) is 9.59 Å². The molecule has 1 aromatic heterocycles. The van der Waals surface area contributed by atoms with Crippen molar-refractivity contribution in [3.63, 3.8) is 0 Å². The summed E-state index contributed by atoms with van der Waals surface area (Å²) in [6.45, 7) is 7.38. The Hall–Kier alpha value is -2.31. The minimum atomic E-state index is -0.492. The van der Waals surface area contributed by atoms with Gasteiger partial charge in [-0.3, -0.25) is 14.4 Å². The summed E-state index contributed by atoms with van der Waals surface area (Å²) in [5.41, 5.74) is -0.728. The van der Waals surface area contributed by atoms with Gasteiger partial charge in [0, 0.05) is 51.6 Å². The average molecular weight is 373 g/mol. The van der Waals surface area contributed by atoms with Crippen molar-refractivity contribution < 1.29 is 18.8 Å². The third kappa shape index (κ3) is 2.58. The number of likely N-dealkylation sites (tertiary alicyclic amines) is 3. The number of nitrogens with zero attached hydrogens (tertiary/aromatic N) is 3. The first-order valence-corrected chi connectivity index (χ1v) is 9.80. The molecule has 4 heterocycles. The normalized spacial score (nSPS) is 27.2. The molecule has 0 N–H and O–H groups in total. The number of carbonyl (C=O) groups excluding carboxylic acids is 3. The zero-order valence-electron chi connectivity index (χ0n) is 16.1. The summed E-state index contributed by atoms with van der Waals surface area (Å²) in [5.74, 6) is 0.479. The van der Waals surface area contributed by atoms with Gasteiger partial charge in [-0.15, -0.1) is 0 Å². The van der Waals surface area contributed by atoms with Crippen molar-refractivity contribution in [2.45, 2.75) is 33.1 Å². The van der Waals surface area contributed by atoms with E-state index in [1.54, 1.807) is 19.1 Å². The molecule has 27 heavy (non-hydrogen) atoms. The minimum Gasteiger partial charge on any atom is -0.459 e. The van der Waals surface area contributed by atoms with Crippen LogP contribution in [0.4, 0.5) is 0 Å². The fraction of sp³-hybridized carbons (Fsp3) is 0.650. The Morgan fingerprint density at radius 3 is 2.41 bits per heavy atom. The van der Waals surface area contributed by atoms with Crippen LogP contribution in [0, 0.1) is 10.8 Å². The van der Waals surface area contributed by atoms with Gasteiger partial charge in [0.25, 0.3) is 5.91 Å². The molecule has 7 nitrogen and oxygen atoms in total. The van der Waals surface area contributed by atoms with Gasteiger partial charge in [-0.25, -0.2) is 0 Å². The lowest BCUT2D eigenvalue weighted by Gasteiger charge is -2.46. The van der Waals surface area contributed by atoms with Crippen LogP contribution in [0.15, 0.2) is 22.8 Å². The molecule has 0 unspecified atom stereocenters. The SMILES string of the molecule is CCN1CC[C@@]2(CN(C(C)=O)CC23CCN(C(=O)c2ccco2)CC3)C1=O. The van der Waals surface area contributed by atoms with E-state index in [9.17, 15) is 14.4 Å². The second kappa shape index (κ2) is 6.39. The summed E-state index contributed by atoms with van der Waals surface area (Å²) in [6.07, 6.45) is 3.79. The zero-order valence-corrected chi connectivity index (χ0v) is 16.1. The maximum absolute atomic E-state index is 13.3. The molecule has 2 spiro atoms. The summed E-state index contributed by atoms with van der Waals surface area (Å²) in [6, 6.07) is 3.40. The number of amides is 3. The van der Waals surface area contributed by atoms with Gasteiger partial charge in [0.2, 0.25) is 11.8 Å². The largest absolute Gasteiger partial charge is 0.459 e. The van der Waals surface area contributed by atoms with Crippen LogP contribution < -0.4 is 0 Å². The molecule has 1 atom stereocenters. The maximum Gasteiger partial charge on any atom is 0.289 e.